The Morgan fingerprint density at radius 1 is 1.00 bits per heavy atom. The van der Waals surface area contributed by atoms with Gasteiger partial charge < -0.3 is 9.47 Å². The zero-order valence-electron chi connectivity index (χ0n) is 11.4. The normalized spacial score (nSPS) is 15.1. The predicted octanol–water partition coefficient (Wildman–Crippen LogP) is 3.29. The fourth-order valence-corrected chi connectivity index (χ4v) is 2.01. The van der Waals surface area contributed by atoms with E-state index in [1.54, 1.807) is 25.3 Å². The molecule has 1 aliphatic heterocycles. The van der Waals surface area contributed by atoms with E-state index >= 15 is 0 Å². The minimum absolute atomic E-state index is 0.414. The summed E-state index contributed by atoms with van der Waals surface area (Å²) in [6.45, 7) is 0. The standard InChI is InChI=1S/C17H13NO3/c1-20-13-8-6-12(7-9-13)14-10-11-17(19)21-16-5-3-2-4-15(16)18-14/h2-11H,1H3/b11-10-,18-14?. The minimum atomic E-state index is -0.414. The van der Waals surface area contributed by atoms with Crippen LogP contribution in [0.4, 0.5) is 5.69 Å². The van der Waals surface area contributed by atoms with Crippen LogP contribution in [0.5, 0.6) is 11.5 Å². The minimum Gasteiger partial charge on any atom is -0.497 e. The van der Waals surface area contributed by atoms with Gasteiger partial charge in [-0.2, -0.15) is 0 Å². The lowest BCUT2D eigenvalue weighted by Gasteiger charge is -2.10. The molecule has 0 saturated heterocycles. The van der Waals surface area contributed by atoms with Crippen molar-refractivity contribution in [3.63, 3.8) is 0 Å². The first-order valence-corrected chi connectivity index (χ1v) is 6.48. The van der Waals surface area contributed by atoms with E-state index in [4.69, 9.17) is 9.47 Å². The van der Waals surface area contributed by atoms with Gasteiger partial charge in [0.15, 0.2) is 5.75 Å². The highest BCUT2D eigenvalue weighted by atomic mass is 16.5. The van der Waals surface area contributed by atoms with Crippen LogP contribution in [0.3, 0.4) is 0 Å². The molecule has 0 aliphatic carbocycles. The van der Waals surface area contributed by atoms with E-state index in [2.05, 4.69) is 4.99 Å². The number of para-hydroxylation sites is 2. The van der Waals surface area contributed by atoms with Crippen LogP contribution in [0, 0.1) is 0 Å². The summed E-state index contributed by atoms with van der Waals surface area (Å²) in [4.78, 5) is 16.3. The molecule has 0 radical (unpaired) electrons. The summed E-state index contributed by atoms with van der Waals surface area (Å²) in [7, 11) is 1.62. The summed E-state index contributed by atoms with van der Waals surface area (Å²) in [6.07, 6.45) is 3.03. The van der Waals surface area contributed by atoms with Crippen LogP contribution >= 0.6 is 0 Å². The lowest BCUT2D eigenvalue weighted by atomic mass is 10.1. The third-order valence-electron chi connectivity index (χ3n) is 3.08. The van der Waals surface area contributed by atoms with Crippen molar-refractivity contribution in [2.75, 3.05) is 7.11 Å². The van der Waals surface area contributed by atoms with Crippen molar-refractivity contribution in [2.24, 2.45) is 4.99 Å². The maximum absolute atomic E-state index is 11.7. The Kier molecular flexibility index (Phi) is 3.51. The van der Waals surface area contributed by atoms with Gasteiger partial charge in [0.25, 0.3) is 0 Å². The summed E-state index contributed by atoms with van der Waals surface area (Å²) in [5.41, 5.74) is 2.22. The van der Waals surface area contributed by atoms with Crippen LogP contribution in [-0.4, -0.2) is 18.8 Å². The maximum atomic E-state index is 11.7. The molecule has 2 aromatic carbocycles. The van der Waals surface area contributed by atoms with Crippen LogP contribution in [0.2, 0.25) is 0 Å². The lowest BCUT2D eigenvalue weighted by molar-refractivity contribution is -0.128. The van der Waals surface area contributed by atoms with Crippen molar-refractivity contribution >= 4 is 17.4 Å². The van der Waals surface area contributed by atoms with Gasteiger partial charge in [0.1, 0.15) is 11.4 Å². The Bertz CT molecular complexity index is 730. The molecule has 0 bridgehead atoms. The molecule has 3 rings (SSSR count). The molecule has 21 heavy (non-hydrogen) atoms. The highest BCUT2D eigenvalue weighted by molar-refractivity contribution is 6.12. The zero-order valence-corrected chi connectivity index (χ0v) is 11.4. The van der Waals surface area contributed by atoms with Crippen molar-refractivity contribution in [3.8, 4) is 11.5 Å². The quantitative estimate of drug-likeness (QED) is 0.626. The van der Waals surface area contributed by atoms with Crippen molar-refractivity contribution in [1.82, 2.24) is 0 Å². The number of methoxy groups -OCH3 is 1. The lowest BCUT2D eigenvalue weighted by Crippen LogP contribution is -2.08. The average molecular weight is 279 g/mol. The van der Waals surface area contributed by atoms with Crippen LogP contribution in [0.1, 0.15) is 5.56 Å². The van der Waals surface area contributed by atoms with Crippen molar-refractivity contribution in [3.05, 3.63) is 66.2 Å². The zero-order chi connectivity index (χ0) is 14.7. The van der Waals surface area contributed by atoms with Gasteiger partial charge in [0.2, 0.25) is 0 Å². The molecule has 0 aromatic heterocycles. The Morgan fingerprint density at radius 3 is 2.52 bits per heavy atom. The predicted molar refractivity (Wildman–Crippen MR) is 80.4 cm³/mol. The van der Waals surface area contributed by atoms with Crippen molar-refractivity contribution in [1.29, 1.82) is 0 Å². The Morgan fingerprint density at radius 2 is 1.76 bits per heavy atom. The Balaban J connectivity index is 2.08. The third-order valence-corrected chi connectivity index (χ3v) is 3.08. The van der Waals surface area contributed by atoms with Gasteiger partial charge in [-0.3, -0.25) is 0 Å². The number of ether oxygens (including phenoxy) is 2. The topological polar surface area (TPSA) is 47.9 Å². The molecule has 4 nitrogen and oxygen atoms in total. The summed E-state index contributed by atoms with van der Waals surface area (Å²) < 4.78 is 10.3. The van der Waals surface area contributed by atoms with Gasteiger partial charge in [-0.05, 0) is 42.5 Å². The van der Waals surface area contributed by atoms with Crippen molar-refractivity contribution < 1.29 is 14.3 Å². The van der Waals surface area contributed by atoms with E-state index in [1.165, 1.54) is 6.08 Å². The number of benzene rings is 2. The number of hydrogen-bond donors (Lipinski definition) is 0. The van der Waals surface area contributed by atoms with Crippen LogP contribution in [-0.2, 0) is 4.79 Å². The number of nitrogens with zero attached hydrogens (tertiary/aromatic N) is 1. The SMILES string of the molecule is COc1ccc(C2=Nc3ccccc3OC(=O)/C=C\2)cc1. The summed E-state index contributed by atoms with van der Waals surface area (Å²) in [6, 6.07) is 14.7. The Labute approximate surface area is 122 Å². The van der Waals surface area contributed by atoms with Crippen LogP contribution < -0.4 is 9.47 Å². The van der Waals surface area contributed by atoms with E-state index in [9.17, 15) is 4.79 Å². The second kappa shape index (κ2) is 5.63. The number of rotatable bonds is 2. The molecule has 0 unspecified atom stereocenters. The smallest absolute Gasteiger partial charge is 0.336 e. The number of allylic oxidation sites excluding steroid dienone is 1. The molecular formula is C17H13NO3. The molecule has 104 valence electrons. The van der Waals surface area contributed by atoms with E-state index in [-0.39, 0.29) is 0 Å². The second-order valence-electron chi connectivity index (χ2n) is 4.45. The molecule has 0 spiro atoms. The molecule has 0 fully saturated rings. The number of esters is 1. The molecule has 0 amide bonds. The van der Waals surface area contributed by atoms with Crippen LogP contribution in [0.25, 0.3) is 0 Å². The summed E-state index contributed by atoms with van der Waals surface area (Å²) in [5.74, 6) is 0.815. The van der Waals surface area contributed by atoms with Gasteiger partial charge in [-0.1, -0.05) is 12.1 Å². The first kappa shape index (κ1) is 13.1. The van der Waals surface area contributed by atoms with Gasteiger partial charge in [-0.25, -0.2) is 9.79 Å². The molecule has 2 aromatic rings. The number of carbonyl (C=O) groups is 1. The maximum Gasteiger partial charge on any atom is 0.336 e. The summed E-state index contributed by atoms with van der Waals surface area (Å²) in [5, 5.41) is 0. The Hall–Kier alpha value is -2.88. The molecule has 4 heteroatoms. The summed E-state index contributed by atoms with van der Waals surface area (Å²) >= 11 is 0. The number of carbonyl (C=O) groups excluding carboxylic acids is 1. The largest absolute Gasteiger partial charge is 0.497 e. The molecule has 0 N–H and O–H groups in total. The van der Waals surface area contributed by atoms with Gasteiger partial charge >= 0.3 is 5.97 Å². The average Bonchev–Trinajstić information content (AvgIpc) is 2.51. The third kappa shape index (κ3) is 2.84. The van der Waals surface area contributed by atoms with Gasteiger partial charge in [0.05, 0.1) is 12.8 Å². The van der Waals surface area contributed by atoms with Crippen LogP contribution in [0.15, 0.2) is 65.7 Å². The highest BCUT2D eigenvalue weighted by Gasteiger charge is 2.11. The first-order valence-electron chi connectivity index (χ1n) is 6.48. The van der Waals surface area contributed by atoms with Gasteiger partial charge in [0, 0.05) is 11.6 Å². The monoisotopic (exact) mass is 279 g/mol. The molecule has 0 atom stereocenters. The highest BCUT2D eigenvalue weighted by Crippen LogP contribution is 2.29. The number of fused-ring (bicyclic) bond motifs is 1. The van der Waals surface area contributed by atoms with E-state index in [1.807, 2.05) is 36.4 Å². The van der Waals surface area contributed by atoms with E-state index in [0.29, 0.717) is 17.1 Å². The molecular weight excluding hydrogens is 266 g/mol. The van der Waals surface area contributed by atoms with E-state index in [0.717, 1.165) is 11.3 Å². The number of hydrogen-bond acceptors (Lipinski definition) is 4. The molecule has 1 heterocycles. The van der Waals surface area contributed by atoms with Gasteiger partial charge in [-0.15, -0.1) is 0 Å². The molecule has 1 aliphatic rings. The number of aliphatic imine (C=N–C) groups is 1. The fraction of sp³-hybridized carbons (Fsp3) is 0.0588. The first-order chi connectivity index (χ1) is 10.3. The van der Waals surface area contributed by atoms with Crippen molar-refractivity contribution in [2.45, 2.75) is 0 Å². The fourth-order valence-electron chi connectivity index (χ4n) is 2.01. The molecule has 0 saturated carbocycles. The second-order valence-corrected chi connectivity index (χ2v) is 4.45. The van der Waals surface area contributed by atoms with E-state index < -0.39 is 5.97 Å².